The molecule has 0 N–H and O–H groups in total. The number of fused-ring (bicyclic) bond motifs is 2. The summed E-state index contributed by atoms with van der Waals surface area (Å²) in [5, 5.41) is 9.78. The van der Waals surface area contributed by atoms with E-state index in [0.29, 0.717) is 36.6 Å². The Hall–Kier alpha value is -2.90. The molecule has 2 aliphatic rings. The van der Waals surface area contributed by atoms with E-state index in [1.807, 2.05) is 43.8 Å². The van der Waals surface area contributed by atoms with Crippen molar-refractivity contribution in [1.82, 2.24) is 24.8 Å². The number of nitrogens with zero attached hydrogens (tertiary/aromatic N) is 5. The minimum Gasteiger partial charge on any atom is -0.444 e. The summed E-state index contributed by atoms with van der Waals surface area (Å²) in [6, 6.07) is 6.38. The molecule has 158 valence electrons. The third-order valence-corrected chi connectivity index (χ3v) is 5.92. The number of aromatic nitrogens is 4. The Labute approximate surface area is 175 Å². The van der Waals surface area contributed by atoms with Gasteiger partial charge in [0, 0.05) is 36.0 Å². The number of carbonyl (C=O) groups is 1. The van der Waals surface area contributed by atoms with E-state index in [9.17, 15) is 4.79 Å². The molecule has 30 heavy (non-hydrogen) atoms. The van der Waals surface area contributed by atoms with Gasteiger partial charge in [0.1, 0.15) is 5.60 Å². The summed E-state index contributed by atoms with van der Waals surface area (Å²) in [5.74, 6) is 2.24. The summed E-state index contributed by atoms with van der Waals surface area (Å²) in [6.07, 6.45) is 1.64. The third-order valence-electron chi connectivity index (χ3n) is 5.92. The summed E-state index contributed by atoms with van der Waals surface area (Å²) >= 11 is 0. The Morgan fingerprint density at radius 2 is 1.97 bits per heavy atom. The number of rotatable bonds is 3. The van der Waals surface area contributed by atoms with Gasteiger partial charge in [-0.1, -0.05) is 17.3 Å². The molecule has 0 unspecified atom stereocenters. The number of likely N-dealkylation sites (tertiary alicyclic amines) is 1. The van der Waals surface area contributed by atoms with E-state index in [-0.39, 0.29) is 18.1 Å². The smallest absolute Gasteiger partial charge is 0.410 e. The highest BCUT2D eigenvalue weighted by atomic mass is 16.6. The second-order valence-corrected chi connectivity index (χ2v) is 9.65. The van der Waals surface area contributed by atoms with Crippen LogP contribution < -0.4 is 0 Å². The van der Waals surface area contributed by atoms with Gasteiger partial charge >= 0.3 is 6.09 Å². The van der Waals surface area contributed by atoms with Gasteiger partial charge in [-0.3, -0.25) is 4.68 Å². The monoisotopic (exact) mass is 409 g/mol. The van der Waals surface area contributed by atoms with E-state index >= 15 is 0 Å². The number of hydrogen-bond acceptors (Lipinski definition) is 6. The molecule has 0 spiro atoms. The van der Waals surface area contributed by atoms with Gasteiger partial charge in [0.25, 0.3) is 0 Å². The lowest BCUT2D eigenvalue weighted by atomic mass is 10.1. The van der Waals surface area contributed by atoms with Crippen molar-refractivity contribution in [2.24, 2.45) is 11.8 Å². The number of carbonyl (C=O) groups excluding carboxylic acids is 1. The summed E-state index contributed by atoms with van der Waals surface area (Å²) in [4.78, 5) is 18.7. The Morgan fingerprint density at radius 1 is 1.23 bits per heavy atom. The van der Waals surface area contributed by atoms with Gasteiger partial charge in [-0.2, -0.15) is 10.1 Å². The number of ether oxygens (including phenoxy) is 1. The Kier molecular flexibility index (Phi) is 4.17. The largest absolute Gasteiger partial charge is 0.444 e. The third kappa shape index (κ3) is 3.24. The molecule has 8 nitrogen and oxygen atoms in total. The summed E-state index contributed by atoms with van der Waals surface area (Å²) < 4.78 is 13.1. The van der Waals surface area contributed by atoms with Crippen LogP contribution in [0.25, 0.3) is 22.3 Å². The summed E-state index contributed by atoms with van der Waals surface area (Å²) in [7, 11) is 0. The SMILES string of the molecule is CC(C)n1ncc2ccc(-c3noc([C@@H]4[C@@H]5CN(C(=O)OC(C)(C)C)C[C@@H]54)n3)cc21. The molecule has 1 saturated carbocycles. The number of benzene rings is 1. The van der Waals surface area contributed by atoms with Crippen molar-refractivity contribution in [2.75, 3.05) is 13.1 Å². The fraction of sp³-hybridized carbons (Fsp3) is 0.545. The van der Waals surface area contributed by atoms with Crippen LogP contribution in [0.3, 0.4) is 0 Å². The van der Waals surface area contributed by atoms with E-state index in [4.69, 9.17) is 9.26 Å². The maximum absolute atomic E-state index is 12.3. The van der Waals surface area contributed by atoms with Gasteiger partial charge in [-0.25, -0.2) is 4.79 Å². The van der Waals surface area contributed by atoms with Gasteiger partial charge < -0.3 is 14.2 Å². The maximum Gasteiger partial charge on any atom is 0.410 e. The predicted molar refractivity (Wildman–Crippen MR) is 111 cm³/mol. The van der Waals surface area contributed by atoms with Gasteiger partial charge in [-0.15, -0.1) is 0 Å². The van der Waals surface area contributed by atoms with Crippen LogP contribution in [-0.2, 0) is 4.74 Å². The average molecular weight is 409 g/mol. The first kappa shape index (κ1) is 19.1. The minimum absolute atomic E-state index is 0.231. The molecule has 0 radical (unpaired) electrons. The van der Waals surface area contributed by atoms with Crippen LogP contribution >= 0.6 is 0 Å². The molecule has 3 heterocycles. The molecule has 2 aromatic heterocycles. The Bertz CT molecular complexity index is 1100. The molecule has 8 heteroatoms. The lowest BCUT2D eigenvalue weighted by Gasteiger charge is -2.25. The first-order chi connectivity index (χ1) is 14.2. The van der Waals surface area contributed by atoms with Crippen LogP contribution in [-0.4, -0.2) is 49.6 Å². The highest BCUT2D eigenvalue weighted by molar-refractivity contribution is 5.83. The van der Waals surface area contributed by atoms with Crippen LogP contribution in [0.2, 0.25) is 0 Å². The first-order valence-electron chi connectivity index (χ1n) is 10.5. The zero-order valence-electron chi connectivity index (χ0n) is 18.0. The van der Waals surface area contributed by atoms with Crippen LogP contribution in [0.4, 0.5) is 4.79 Å². The average Bonchev–Trinajstić information content (AvgIpc) is 3.15. The fourth-order valence-corrected chi connectivity index (χ4v) is 4.44. The van der Waals surface area contributed by atoms with E-state index in [2.05, 4.69) is 35.2 Å². The molecule has 3 atom stereocenters. The number of amides is 1. The first-order valence-corrected chi connectivity index (χ1v) is 10.5. The van der Waals surface area contributed by atoms with Crippen molar-refractivity contribution < 1.29 is 14.1 Å². The van der Waals surface area contributed by atoms with Gasteiger partial charge in [0.05, 0.1) is 11.7 Å². The highest BCUT2D eigenvalue weighted by Gasteiger charge is 2.60. The molecule has 0 bridgehead atoms. The molecular weight excluding hydrogens is 382 g/mol. The van der Waals surface area contributed by atoms with Crippen molar-refractivity contribution >= 4 is 17.0 Å². The van der Waals surface area contributed by atoms with Gasteiger partial charge in [0.2, 0.25) is 11.7 Å². The van der Waals surface area contributed by atoms with E-state index in [1.54, 1.807) is 4.90 Å². The molecule has 1 amide bonds. The molecule has 1 saturated heterocycles. The molecule has 2 fully saturated rings. The van der Waals surface area contributed by atoms with Crippen molar-refractivity contribution in [2.45, 2.75) is 52.2 Å². The zero-order chi connectivity index (χ0) is 21.2. The normalized spacial score (nSPS) is 23.3. The number of hydrogen-bond donors (Lipinski definition) is 0. The second kappa shape index (κ2) is 6.55. The van der Waals surface area contributed by atoms with E-state index < -0.39 is 5.60 Å². The Balaban J connectivity index is 1.30. The van der Waals surface area contributed by atoms with Crippen LogP contribution in [0.1, 0.15) is 52.5 Å². The van der Waals surface area contributed by atoms with Crippen molar-refractivity contribution in [3.8, 4) is 11.4 Å². The minimum atomic E-state index is -0.475. The van der Waals surface area contributed by atoms with Crippen LogP contribution in [0.5, 0.6) is 0 Å². The maximum atomic E-state index is 12.3. The fourth-order valence-electron chi connectivity index (χ4n) is 4.44. The van der Waals surface area contributed by atoms with Gasteiger partial charge in [0.15, 0.2) is 0 Å². The van der Waals surface area contributed by atoms with E-state index in [1.165, 1.54) is 0 Å². The van der Waals surface area contributed by atoms with Crippen molar-refractivity contribution in [3.05, 3.63) is 30.3 Å². The summed E-state index contributed by atoms with van der Waals surface area (Å²) in [6.45, 7) is 11.2. The Morgan fingerprint density at radius 3 is 2.63 bits per heavy atom. The number of piperidine rings is 1. The van der Waals surface area contributed by atoms with Crippen LogP contribution in [0.15, 0.2) is 28.9 Å². The van der Waals surface area contributed by atoms with E-state index in [0.717, 1.165) is 16.5 Å². The predicted octanol–water partition coefficient (Wildman–Crippen LogP) is 4.25. The quantitative estimate of drug-likeness (QED) is 0.643. The molecule has 5 rings (SSSR count). The van der Waals surface area contributed by atoms with Crippen molar-refractivity contribution in [1.29, 1.82) is 0 Å². The zero-order valence-corrected chi connectivity index (χ0v) is 18.0. The van der Waals surface area contributed by atoms with Crippen LogP contribution in [0, 0.1) is 11.8 Å². The summed E-state index contributed by atoms with van der Waals surface area (Å²) in [5.41, 5.74) is 1.50. The molecule has 1 aliphatic carbocycles. The van der Waals surface area contributed by atoms with Gasteiger partial charge in [-0.05, 0) is 52.5 Å². The second-order valence-electron chi connectivity index (χ2n) is 9.65. The topological polar surface area (TPSA) is 86.3 Å². The molecule has 1 aromatic carbocycles. The highest BCUT2D eigenvalue weighted by Crippen LogP contribution is 2.58. The van der Waals surface area contributed by atoms with Crippen molar-refractivity contribution in [3.63, 3.8) is 0 Å². The molecule has 1 aliphatic heterocycles. The standard InChI is InChI=1S/C22H27N5O3/c1-12(2)27-17-8-13(6-7-14(17)9-23-27)19-24-20(30-25-19)18-15-10-26(11-16(15)18)21(28)29-22(3,4)5/h6-9,12,15-16,18H,10-11H2,1-5H3/t15-,16+,18-. The molecular formula is C22H27N5O3. The lowest BCUT2D eigenvalue weighted by molar-refractivity contribution is 0.0269. The lowest BCUT2D eigenvalue weighted by Crippen LogP contribution is -2.36. The molecule has 3 aromatic rings.